The van der Waals surface area contributed by atoms with Crippen molar-refractivity contribution in [1.29, 1.82) is 0 Å². The number of nitrogens with zero attached hydrogens (tertiary/aromatic N) is 6. The van der Waals surface area contributed by atoms with Crippen LogP contribution in [0.4, 0.5) is 11.5 Å². The van der Waals surface area contributed by atoms with Crippen LogP contribution in [0, 0.1) is 0 Å². The maximum Gasteiger partial charge on any atom is 0.350 e. The highest BCUT2D eigenvalue weighted by molar-refractivity contribution is 7.80. The molecule has 1 atom stereocenters. The largest absolute Gasteiger partial charge is 0.388 e. The van der Waals surface area contributed by atoms with E-state index in [0.717, 1.165) is 43.2 Å². The first kappa shape index (κ1) is 28.1. The molecule has 0 bridgehead atoms. The molecule has 208 valence electrons. The first-order valence-corrected chi connectivity index (χ1v) is 14.1. The Balaban J connectivity index is 1.12. The molecular formula is C28H29Cl2N7O2S. The lowest BCUT2D eigenvalue weighted by Crippen LogP contribution is -2.50. The van der Waals surface area contributed by atoms with Gasteiger partial charge in [0.15, 0.2) is 5.11 Å². The Hall–Kier alpha value is -3.44. The second kappa shape index (κ2) is 12.8. The molecule has 0 radical (unpaired) electrons. The quantitative estimate of drug-likeness (QED) is 0.281. The Labute approximate surface area is 247 Å². The van der Waals surface area contributed by atoms with Crippen LogP contribution in [0.3, 0.4) is 0 Å². The van der Waals surface area contributed by atoms with E-state index in [9.17, 15) is 9.90 Å². The fourth-order valence-corrected chi connectivity index (χ4v) is 5.09. The molecule has 1 fully saturated rings. The highest BCUT2D eigenvalue weighted by Gasteiger charge is 2.20. The summed E-state index contributed by atoms with van der Waals surface area (Å²) in [5, 5.41) is 19.9. The molecule has 3 heterocycles. The van der Waals surface area contributed by atoms with Crippen molar-refractivity contribution in [3.63, 3.8) is 0 Å². The molecule has 1 aliphatic rings. The molecule has 2 aromatic carbocycles. The summed E-state index contributed by atoms with van der Waals surface area (Å²) < 4.78 is 2.88. The lowest BCUT2D eigenvalue weighted by atomic mass is 10.1. The molecule has 0 amide bonds. The van der Waals surface area contributed by atoms with Crippen LogP contribution in [-0.2, 0) is 6.54 Å². The van der Waals surface area contributed by atoms with Crippen LogP contribution in [-0.4, -0.2) is 60.6 Å². The van der Waals surface area contributed by atoms with Gasteiger partial charge >= 0.3 is 5.69 Å². The van der Waals surface area contributed by atoms with Crippen molar-refractivity contribution >= 4 is 52.0 Å². The Bertz CT molecular complexity index is 1480. The lowest BCUT2D eigenvalue weighted by Gasteiger charge is -2.36. The molecule has 1 unspecified atom stereocenters. The third kappa shape index (κ3) is 6.82. The fourth-order valence-electron chi connectivity index (χ4n) is 4.54. The maximum atomic E-state index is 12.9. The number of benzene rings is 2. The number of aryl methyl sites for hydroxylation is 1. The molecule has 1 saturated heterocycles. The summed E-state index contributed by atoms with van der Waals surface area (Å²) >= 11 is 17.5. The maximum absolute atomic E-state index is 12.9. The van der Waals surface area contributed by atoms with Crippen LogP contribution >= 0.6 is 35.4 Å². The average Bonchev–Trinajstić information content (AvgIpc) is 3.34. The SMILES string of the molecule is O=c1n(-c2ccc(N3CCN(C(=S)Nc4ccc(Cl)cc4)CC3)nc2)cnn1CCCC(O)c1ccc(Cl)cc1. The number of rotatable bonds is 8. The summed E-state index contributed by atoms with van der Waals surface area (Å²) in [7, 11) is 0. The van der Waals surface area contributed by atoms with Crippen molar-refractivity contribution in [2.45, 2.75) is 25.5 Å². The molecule has 0 aliphatic carbocycles. The summed E-state index contributed by atoms with van der Waals surface area (Å²) in [6, 6.07) is 18.4. The minimum atomic E-state index is -0.621. The minimum Gasteiger partial charge on any atom is -0.388 e. The third-order valence-corrected chi connectivity index (χ3v) is 7.70. The zero-order valence-electron chi connectivity index (χ0n) is 21.7. The van der Waals surface area contributed by atoms with Gasteiger partial charge in [0.1, 0.15) is 12.1 Å². The van der Waals surface area contributed by atoms with Crippen LogP contribution < -0.4 is 15.9 Å². The zero-order valence-corrected chi connectivity index (χ0v) is 24.0. The summed E-state index contributed by atoms with van der Waals surface area (Å²) in [6.07, 6.45) is 3.67. The van der Waals surface area contributed by atoms with Gasteiger partial charge in [0.25, 0.3) is 0 Å². The van der Waals surface area contributed by atoms with Gasteiger partial charge in [-0.2, -0.15) is 5.10 Å². The number of pyridine rings is 1. The number of nitrogens with one attached hydrogen (secondary N) is 1. The fraction of sp³-hybridized carbons (Fsp3) is 0.286. The van der Waals surface area contributed by atoms with Gasteiger partial charge in [-0.15, -0.1) is 0 Å². The molecule has 4 aromatic rings. The number of aliphatic hydroxyl groups is 1. The van der Waals surface area contributed by atoms with Crippen molar-refractivity contribution in [3.05, 3.63) is 99.3 Å². The topological polar surface area (TPSA) is 91.5 Å². The van der Waals surface area contributed by atoms with Gasteiger partial charge in [-0.25, -0.2) is 19.0 Å². The number of anilines is 2. The number of piperazine rings is 1. The highest BCUT2D eigenvalue weighted by Crippen LogP contribution is 2.21. The third-order valence-electron chi connectivity index (χ3n) is 6.83. The van der Waals surface area contributed by atoms with Crippen molar-refractivity contribution in [3.8, 4) is 5.69 Å². The van der Waals surface area contributed by atoms with Gasteiger partial charge in [0, 0.05) is 48.5 Å². The van der Waals surface area contributed by atoms with Crippen LogP contribution in [0.15, 0.2) is 78.0 Å². The van der Waals surface area contributed by atoms with E-state index in [1.54, 1.807) is 30.5 Å². The predicted octanol–water partition coefficient (Wildman–Crippen LogP) is 4.77. The molecule has 0 spiro atoms. The summed E-state index contributed by atoms with van der Waals surface area (Å²) in [4.78, 5) is 21.8. The van der Waals surface area contributed by atoms with Crippen LogP contribution in [0.1, 0.15) is 24.5 Å². The number of aromatic nitrogens is 4. The van der Waals surface area contributed by atoms with E-state index in [1.807, 2.05) is 36.4 Å². The van der Waals surface area contributed by atoms with Crippen LogP contribution in [0.2, 0.25) is 10.0 Å². The minimum absolute atomic E-state index is 0.245. The van der Waals surface area contributed by atoms with E-state index in [4.69, 9.17) is 35.4 Å². The Morgan fingerprint density at radius 3 is 2.30 bits per heavy atom. The number of thiocarbonyl (C=S) groups is 1. The zero-order chi connectivity index (χ0) is 28.1. The van der Waals surface area contributed by atoms with E-state index in [-0.39, 0.29) is 5.69 Å². The van der Waals surface area contributed by atoms with E-state index in [1.165, 1.54) is 15.6 Å². The number of hydrogen-bond donors (Lipinski definition) is 2. The molecule has 2 aromatic heterocycles. The van der Waals surface area contributed by atoms with Crippen molar-refractivity contribution in [2.75, 3.05) is 36.4 Å². The summed E-state index contributed by atoms with van der Waals surface area (Å²) in [5.41, 5.74) is 2.11. The van der Waals surface area contributed by atoms with Gasteiger partial charge in [-0.05, 0) is 79.2 Å². The van der Waals surface area contributed by atoms with Gasteiger partial charge in [0.2, 0.25) is 0 Å². The molecule has 40 heavy (non-hydrogen) atoms. The van der Waals surface area contributed by atoms with Crippen molar-refractivity contribution in [2.24, 2.45) is 0 Å². The van der Waals surface area contributed by atoms with Gasteiger partial charge in [-0.3, -0.25) is 0 Å². The second-order valence-corrected chi connectivity index (χ2v) is 10.8. The number of hydrogen-bond acceptors (Lipinski definition) is 6. The van der Waals surface area contributed by atoms with Gasteiger partial charge in [0.05, 0.1) is 18.0 Å². The second-order valence-electron chi connectivity index (χ2n) is 9.50. The Morgan fingerprint density at radius 2 is 1.65 bits per heavy atom. The lowest BCUT2D eigenvalue weighted by molar-refractivity contribution is 0.162. The molecular weight excluding hydrogens is 569 g/mol. The molecule has 1 aliphatic heterocycles. The van der Waals surface area contributed by atoms with E-state index >= 15 is 0 Å². The molecule has 0 saturated carbocycles. The van der Waals surface area contributed by atoms with Crippen molar-refractivity contribution in [1.82, 2.24) is 24.2 Å². The van der Waals surface area contributed by atoms with Crippen LogP contribution in [0.5, 0.6) is 0 Å². The van der Waals surface area contributed by atoms with Gasteiger partial charge < -0.3 is 20.2 Å². The smallest absolute Gasteiger partial charge is 0.350 e. The molecule has 12 heteroatoms. The van der Waals surface area contributed by atoms with E-state index < -0.39 is 6.10 Å². The average molecular weight is 599 g/mol. The molecule has 2 N–H and O–H groups in total. The summed E-state index contributed by atoms with van der Waals surface area (Å²) in [5.74, 6) is 0.844. The van der Waals surface area contributed by atoms with Gasteiger partial charge in [-0.1, -0.05) is 35.3 Å². The first-order valence-electron chi connectivity index (χ1n) is 13.0. The predicted molar refractivity (Wildman–Crippen MR) is 163 cm³/mol. The Morgan fingerprint density at radius 1 is 0.975 bits per heavy atom. The first-order chi connectivity index (χ1) is 19.4. The normalized spacial score (nSPS) is 14.3. The monoisotopic (exact) mass is 597 g/mol. The van der Waals surface area contributed by atoms with E-state index in [0.29, 0.717) is 40.2 Å². The Kier molecular flexibility index (Phi) is 9.01. The molecule has 5 rings (SSSR count). The number of aliphatic hydroxyl groups excluding tert-OH is 1. The van der Waals surface area contributed by atoms with Crippen LogP contribution in [0.25, 0.3) is 5.69 Å². The highest BCUT2D eigenvalue weighted by atomic mass is 35.5. The van der Waals surface area contributed by atoms with Crippen molar-refractivity contribution < 1.29 is 5.11 Å². The summed E-state index contributed by atoms with van der Waals surface area (Å²) in [6.45, 7) is 3.48. The molecule has 9 nitrogen and oxygen atoms in total. The standard InChI is InChI=1S/C28H29Cl2N7O2S/c29-21-5-3-20(4-6-21)25(38)2-1-13-37-28(39)36(19-32-37)24-11-12-26(31-18-24)34-14-16-35(17-15-34)27(40)33-23-9-7-22(30)8-10-23/h3-12,18-19,25,38H,1-2,13-17H2,(H,33,40). The van der Waals surface area contributed by atoms with E-state index in [2.05, 4.69) is 25.2 Å². The number of halogens is 2.